The van der Waals surface area contributed by atoms with Gasteiger partial charge in [0.2, 0.25) is 5.91 Å². The Bertz CT molecular complexity index is 934. The van der Waals surface area contributed by atoms with E-state index >= 15 is 0 Å². The lowest BCUT2D eigenvalue weighted by atomic mass is 10.1. The summed E-state index contributed by atoms with van der Waals surface area (Å²) in [5, 5.41) is 16.7. The number of aliphatic carboxylic acids is 1. The molecule has 2 rings (SSSR count). The van der Waals surface area contributed by atoms with Crippen LogP contribution in [-0.4, -0.2) is 46.8 Å². The van der Waals surface area contributed by atoms with Gasteiger partial charge in [0, 0.05) is 38.2 Å². The zero-order valence-corrected chi connectivity index (χ0v) is 15.9. The van der Waals surface area contributed by atoms with E-state index in [0.29, 0.717) is 23.7 Å². The summed E-state index contributed by atoms with van der Waals surface area (Å²) in [6, 6.07) is 5.20. The lowest BCUT2D eigenvalue weighted by Crippen LogP contribution is -2.27. The number of carbonyl (C=O) groups excluding carboxylic acids is 1. The topological polar surface area (TPSA) is 135 Å². The van der Waals surface area contributed by atoms with Crippen molar-refractivity contribution in [1.29, 1.82) is 0 Å². The van der Waals surface area contributed by atoms with E-state index in [2.05, 4.69) is 20.4 Å². The Morgan fingerprint density at radius 2 is 1.75 bits per heavy atom. The molecule has 1 aromatic heterocycles. The molecule has 1 aromatic carbocycles. The zero-order valence-electron chi connectivity index (χ0n) is 15.9. The van der Waals surface area contributed by atoms with Gasteiger partial charge in [-0.2, -0.15) is 0 Å². The average Bonchev–Trinajstić information content (AvgIpc) is 2.67. The minimum Gasteiger partial charge on any atom is -0.481 e. The van der Waals surface area contributed by atoms with Crippen LogP contribution in [-0.2, 0) is 9.59 Å². The summed E-state index contributed by atoms with van der Waals surface area (Å²) in [5.41, 5.74) is 0.199. The van der Waals surface area contributed by atoms with Gasteiger partial charge in [-0.3, -0.25) is 29.4 Å². The Balaban J connectivity index is 1.83. The van der Waals surface area contributed by atoms with Gasteiger partial charge in [-0.1, -0.05) is 0 Å². The molecule has 28 heavy (non-hydrogen) atoms. The number of H-pyrrole nitrogens is 2. The molecule has 0 fully saturated rings. The van der Waals surface area contributed by atoms with E-state index in [-0.39, 0.29) is 29.9 Å². The molecule has 0 spiro atoms. The normalized spacial score (nSPS) is 10.8. The molecule has 4 N–H and O–H groups in total. The minimum atomic E-state index is -0.896. The number of carbonyl (C=O) groups is 2. The molecule has 9 heteroatoms. The number of benzene rings is 1. The van der Waals surface area contributed by atoms with E-state index in [1.165, 1.54) is 0 Å². The fourth-order valence-electron chi connectivity index (χ4n) is 2.98. The standard InChI is InChI=1S/C19H26N4O5/c1-2-23(11-4-3-10-20-16(24)6-5-7-17(25)26)13-8-9-14-15(12-13)19(28)22-21-18(14)27/h8-9,12H,2-7,10-11H2,1H3,(H,20,24)(H,21,27)(H,22,28)(H,25,26). The molecular formula is C19H26N4O5. The molecule has 0 saturated carbocycles. The van der Waals surface area contributed by atoms with Gasteiger partial charge in [0.15, 0.2) is 0 Å². The average molecular weight is 390 g/mol. The van der Waals surface area contributed by atoms with Crippen LogP contribution in [0, 0.1) is 0 Å². The maximum Gasteiger partial charge on any atom is 0.303 e. The van der Waals surface area contributed by atoms with Crippen molar-refractivity contribution < 1.29 is 14.7 Å². The number of rotatable bonds is 11. The molecular weight excluding hydrogens is 364 g/mol. The second kappa shape index (κ2) is 10.3. The van der Waals surface area contributed by atoms with Crippen molar-refractivity contribution in [3.8, 4) is 0 Å². The third kappa shape index (κ3) is 5.97. The first kappa shape index (κ1) is 21.2. The number of carboxylic acids is 1. The van der Waals surface area contributed by atoms with Gasteiger partial charge in [0.1, 0.15) is 0 Å². The summed E-state index contributed by atoms with van der Waals surface area (Å²) in [7, 11) is 0. The highest BCUT2D eigenvalue weighted by molar-refractivity contribution is 5.84. The third-order valence-electron chi connectivity index (χ3n) is 4.50. The highest BCUT2D eigenvalue weighted by Gasteiger charge is 2.09. The Kier molecular flexibility index (Phi) is 7.79. The Morgan fingerprint density at radius 3 is 2.43 bits per heavy atom. The summed E-state index contributed by atoms with van der Waals surface area (Å²) in [5.74, 6) is -1.03. The molecule has 0 atom stereocenters. The number of aromatic amines is 2. The lowest BCUT2D eigenvalue weighted by Gasteiger charge is -2.23. The van der Waals surface area contributed by atoms with Crippen molar-refractivity contribution in [2.45, 2.75) is 39.0 Å². The van der Waals surface area contributed by atoms with Gasteiger partial charge in [-0.05, 0) is 44.4 Å². The van der Waals surface area contributed by atoms with E-state index in [0.717, 1.165) is 31.6 Å². The van der Waals surface area contributed by atoms with Crippen molar-refractivity contribution in [3.63, 3.8) is 0 Å². The zero-order chi connectivity index (χ0) is 20.5. The molecule has 0 radical (unpaired) electrons. The Labute approximate surface area is 161 Å². The van der Waals surface area contributed by atoms with E-state index in [9.17, 15) is 19.2 Å². The summed E-state index contributed by atoms with van der Waals surface area (Å²) < 4.78 is 0. The van der Waals surface area contributed by atoms with Crippen LogP contribution in [0.4, 0.5) is 5.69 Å². The molecule has 1 heterocycles. The van der Waals surface area contributed by atoms with Crippen LogP contribution in [0.25, 0.3) is 10.8 Å². The lowest BCUT2D eigenvalue weighted by molar-refractivity contribution is -0.137. The molecule has 2 aromatic rings. The fraction of sp³-hybridized carbons (Fsp3) is 0.474. The highest BCUT2D eigenvalue weighted by atomic mass is 16.4. The number of aromatic nitrogens is 2. The number of anilines is 1. The number of carboxylic acid groups (broad SMARTS) is 1. The molecule has 0 bridgehead atoms. The van der Waals surface area contributed by atoms with Gasteiger partial charge in [0.05, 0.1) is 10.8 Å². The number of fused-ring (bicyclic) bond motifs is 1. The smallest absolute Gasteiger partial charge is 0.303 e. The van der Waals surface area contributed by atoms with Crippen LogP contribution in [0.3, 0.4) is 0 Å². The highest BCUT2D eigenvalue weighted by Crippen LogP contribution is 2.18. The SMILES string of the molecule is CCN(CCCCNC(=O)CCCC(=O)O)c1ccc2c(=O)[nH][nH]c(=O)c2c1. The molecule has 0 aliphatic heterocycles. The van der Waals surface area contributed by atoms with E-state index in [1.54, 1.807) is 12.1 Å². The minimum absolute atomic E-state index is 0.000654. The summed E-state index contributed by atoms with van der Waals surface area (Å²) in [4.78, 5) is 47.9. The molecule has 0 aliphatic rings. The number of nitrogens with one attached hydrogen (secondary N) is 3. The monoisotopic (exact) mass is 390 g/mol. The number of amides is 1. The molecule has 1 amide bonds. The molecule has 152 valence electrons. The first-order chi connectivity index (χ1) is 13.4. The van der Waals surface area contributed by atoms with E-state index < -0.39 is 5.97 Å². The second-order valence-electron chi connectivity index (χ2n) is 6.52. The number of hydrogen-bond acceptors (Lipinski definition) is 5. The second-order valence-corrected chi connectivity index (χ2v) is 6.52. The maximum absolute atomic E-state index is 12.0. The maximum atomic E-state index is 12.0. The number of unbranched alkanes of at least 4 members (excludes halogenated alkanes) is 1. The summed E-state index contributed by atoms with van der Waals surface area (Å²) >= 11 is 0. The van der Waals surface area contributed by atoms with Crippen LogP contribution in [0.1, 0.15) is 39.0 Å². The first-order valence-corrected chi connectivity index (χ1v) is 9.40. The predicted molar refractivity (Wildman–Crippen MR) is 107 cm³/mol. The van der Waals surface area contributed by atoms with Gasteiger partial charge in [-0.15, -0.1) is 0 Å². The fourth-order valence-corrected chi connectivity index (χ4v) is 2.98. The first-order valence-electron chi connectivity index (χ1n) is 9.40. The van der Waals surface area contributed by atoms with Crippen molar-refractivity contribution in [2.24, 2.45) is 0 Å². The van der Waals surface area contributed by atoms with Gasteiger partial charge >= 0.3 is 5.97 Å². The van der Waals surface area contributed by atoms with Gasteiger partial charge in [0.25, 0.3) is 11.1 Å². The molecule has 0 saturated heterocycles. The molecule has 9 nitrogen and oxygen atoms in total. The van der Waals surface area contributed by atoms with Gasteiger partial charge < -0.3 is 15.3 Å². The molecule has 0 unspecified atom stereocenters. The van der Waals surface area contributed by atoms with Crippen molar-refractivity contribution >= 4 is 28.3 Å². The third-order valence-corrected chi connectivity index (χ3v) is 4.50. The van der Waals surface area contributed by atoms with E-state index in [4.69, 9.17) is 5.11 Å². The van der Waals surface area contributed by atoms with E-state index in [1.807, 2.05) is 13.0 Å². The van der Waals surface area contributed by atoms with Crippen LogP contribution >= 0.6 is 0 Å². The number of hydrogen-bond donors (Lipinski definition) is 4. The van der Waals surface area contributed by atoms with Crippen molar-refractivity contribution in [3.05, 3.63) is 38.9 Å². The summed E-state index contributed by atoms with van der Waals surface area (Å²) in [6.45, 7) is 4.04. The van der Waals surface area contributed by atoms with Crippen molar-refractivity contribution in [1.82, 2.24) is 15.5 Å². The quantitative estimate of drug-likeness (QED) is 0.426. The molecule has 0 aliphatic carbocycles. The largest absolute Gasteiger partial charge is 0.481 e. The van der Waals surface area contributed by atoms with Crippen LogP contribution in [0.5, 0.6) is 0 Å². The summed E-state index contributed by atoms with van der Waals surface area (Å²) in [6.07, 6.45) is 2.19. The van der Waals surface area contributed by atoms with Gasteiger partial charge in [-0.25, -0.2) is 0 Å². The number of nitrogens with zero attached hydrogens (tertiary/aromatic N) is 1. The van der Waals surface area contributed by atoms with Crippen LogP contribution in [0.15, 0.2) is 27.8 Å². The Morgan fingerprint density at radius 1 is 1.04 bits per heavy atom. The van der Waals surface area contributed by atoms with Crippen LogP contribution < -0.4 is 21.3 Å². The van der Waals surface area contributed by atoms with Crippen LogP contribution in [0.2, 0.25) is 0 Å². The Hall–Kier alpha value is -3.10. The van der Waals surface area contributed by atoms with Crippen molar-refractivity contribution in [2.75, 3.05) is 24.5 Å². The predicted octanol–water partition coefficient (Wildman–Crippen LogP) is 1.19.